The van der Waals surface area contributed by atoms with Gasteiger partial charge in [-0.3, -0.25) is 0 Å². The average Bonchev–Trinajstić information content (AvgIpc) is 2.48. The zero-order valence-corrected chi connectivity index (χ0v) is 7.68. The van der Waals surface area contributed by atoms with Crippen molar-refractivity contribution in [3.8, 4) is 0 Å². The van der Waals surface area contributed by atoms with Gasteiger partial charge in [-0.1, -0.05) is 0 Å². The second-order valence-electron chi connectivity index (χ2n) is 2.95. The molecule has 0 saturated carbocycles. The molecule has 0 aromatic carbocycles. The average molecular weight is 192 g/mol. The molecular formula is C8H16O5. The summed E-state index contributed by atoms with van der Waals surface area (Å²) in [6, 6.07) is 0. The number of aliphatic hydroxyl groups is 2. The molecule has 0 aromatic rings. The molecule has 0 spiro atoms. The van der Waals surface area contributed by atoms with Crippen LogP contribution in [0.1, 0.15) is 0 Å². The van der Waals surface area contributed by atoms with Gasteiger partial charge >= 0.3 is 0 Å². The number of rotatable bonds is 5. The van der Waals surface area contributed by atoms with Crippen molar-refractivity contribution < 1.29 is 24.4 Å². The number of aliphatic hydroxyl groups excluding tert-OH is 2. The first-order valence-corrected chi connectivity index (χ1v) is 4.30. The van der Waals surface area contributed by atoms with Crippen molar-refractivity contribution >= 4 is 0 Å². The number of hydrogen-bond acceptors (Lipinski definition) is 5. The lowest BCUT2D eigenvalue weighted by atomic mass is 10.1. The molecule has 0 radical (unpaired) electrons. The second kappa shape index (κ2) is 5.51. The molecule has 1 aliphatic heterocycles. The van der Waals surface area contributed by atoms with Gasteiger partial charge in [0.1, 0.15) is 18.3 Å². The molecule has 78 valence electrons. The van der Waals surface area contributed by atoms with Crippen LogP contribution in [0.15, 0.2) is 0 Å². The Morgan fingerprint density at radius 2 is 2.23 bits per heavy atom. The van der Waals surface area contributed by atoms with Crippen molar-refractivity contribution in [2.45, 2.75) is 18.3 Å². The van der Waals surface area contributed by atoms with Crippen LogP contribution in [-0.2, 0) is 14.2 Å². The highest BCUT2D eigenvalue weighted by atomic mass is 16.6. The van der Waals surface area contributed by atoms with E-state index in [2.05, 4.69) is 0 Å². The molecule has 1 heterocycles. The molecule has 13 heavy (non-hydrogen) atoms. The highest BCUT2D eigenvalue weighted by molar-refractivity contribution is 4.83. The molecule has 0 amide bonds. The number of ether oxygens (including phenoxy) is 3. The van der Waals surface area contributed by atoms with Crippen LogP contribution in [0.4, 0.5) is 0 Å². The Kier molecular flexibility index (Phi) is 4.61. The van der Waals surface area contributed by atoms with E-state index in [4.69, 9.17) is 19.3 Å². The van der Waals surface area contributed by atoms with E-state index in [1.807, 2.05) is 0 Å². The first-order chi connectivity index (χ1) is 6.29. The first kappa shape index (κ1) is 10.9. The molecule has 1 rings (SSSR count). The monoisotopic (exact) mass is 192 g/mol. The summed E-state index contributed by atoms with van der Waals surface area (Å²) >= 11 is 0. The molecular weight excluding hydrogens is 176 g/mol. The van der Waals surface area contributed by atoms with Gasteiger partial charge in [0.2, 0.25) is 0 Å². The van der Waals surface area contributed by atoms with E-state index in [1.54, 1.807) is 7.11 Å². The lowest BCUT2D eigenvalue weighted by Crippen LogP contribution is -2.34. The van der Waals surface area contributed by atoms with Crippen LogP contribution in [0, 0.1) is 0 Å². The predicted molar refractivity (Wildman–Crippen MR) is 44.4 cm³/mol. The van der Waals surface area contributed by atoms with Crippen LogP contribution < -0.4 is 0 Å². The van der Waals surface area contributed by atoms with Crippen LogP contribution in [0.2, 0.25) is 0 Å². The Morgan fingerprint density at radius 1 is 1.46 bits per heavy atom. The highest BCUT2D eigenvalue weighted by Gasteiger charge is 2.35. The summed E-state index contributed by atoms with van der Waals surface area (Å²) in [5, 5.41) is 18.3. The van der Waals surface area contributed by atoms with Gasteiger partial charge in [-0.2, -0.15) is 0 Å². The normalized spacial score (nSPS) is 33.9. The predicted octanol–water partition coefficient (Wildman–Crippen LogP) is -1.23. The SMILES string of the molecule is COCCOC1COC(CO)C1O. The van der Waals surface area contributed by atoms with Gasteiger partial charge in [0, 0.05) is 7.11 Å². The van der Waals surface area contributed by atoms with Crippen LogP contribution in [-0.4, -0.2) is 62.1 Å². The Labute approximate surface area is 77.2 Å². The molecule has 1 fully saturated rings. The molecule has 3 unspecified atom stereocenters. The summed E-state index contributed by atoms with van der Waals surface area (Å²) in [5.41, 5.74) is 0. The van der Waals surface area contributed by atoms with Gasteiger partial charge in [0.05, 0.1) is 26.4 Å². The van der Waals surface area contributed by atoms with Crippen LogP contribution in [0.3, 0.4) is 0 Å². The summed E-state index contributed by atoms with van der Waals surface area (Å²) in [7, 11) is 1.58. The summed E-state index contributed by atoms with van der Waals surface area (Å²) in [6.07, 6.45) is -1.58. The van der Waals surface area contributed by atoms with Crippen molar-refractivity contribution in [1.29, 1.82) is 0 Å². The van der Waals surface area contributed by atoms with E-state index < -0.39 is 12.2 Å². The van der Waals surface area contributed by atoms with E-state index in [9.17, 15) is 5.11 Å². The third-order valence-corrected chi connectivity index (χ3v) is 2.04. The molecule has 5 nitrogen and oxygen atoms in total. The van der Waals surface area contributed by atoms with Crippen LogP contribution >= 0.6 is 0 Å². The van der Waals surface area contributed by atoms with Crippen molar-refractivity contribution in [2.75, 3.05) is 33.5 Å². The highest BCUT2D eigenvalue weighted by Crippen LogP contribution is 2.16. The summed E-state index contributed by atoms with van der Waals surface area (Å²) in [4.78, 5) is 0. The summed E-state index contributed by atoms with van der Waals surface area (Å²) in [6.45, 7) is 1.08. The van der Waals surface area contributed by atoms with Gasteiger partial charge < -0.3 is 24.4 Å². The Bertz CT molecular complexity index is 140. The molecule has 0 aromatic heterocycles. The van der Waals surface area contributed by atoms with Gasteiger partial charge in [-0.25, -0.2) is 0 Å². The topological polar surface area (TPSA) is 68.2 Å². The fraction of sp³-hybridized carbons (Fsp3) is 1.00. The van der Waals surface area contributed by atoms with Gasteiger partial charge in [-0.15, -0.1) is 0 Å². The quantitative estimate of drug-likeness (QED) is 0.534. The number of methoxy groups -OCH3 is 1. The maximum Gasteiger partial charge on any atom is 0.111 e. The fourth-order valence-electron chi connectivity index (χ4n) is 1.25. The third-order valence-electron chi connectivity index (χ3n) is 2.04. The molecule has 5 heteroatoms. The summed E-state index contributed by atoms with van der Waals surface area (Å²) in [5.74, 6) is 0. The van der Waals surface area contributed by atoms with E-state index in [0.717, 1.165) is 0 Å². The third kappa shape index (κ3) is 2.89. The van der Waals surface area contributed by atoms with Gasteiger partial charge in [0.25, 0.3) is 0 Å². The lowest BCUT2D eigenvalue weighted by molar-refractivity contribution is -0.0396. The molecule has 0 aliphatic carbocycles. The van der Waals surface area contributed by atoms with Crippen LogP contribution in [0.25, 0.3) is 0 Å². The minimum absolute atomic E-state index is 0.175. The maximum absolute atomic E-state index is 9.50. The standard InChI is InChI=1S/C8H16O5/c1-11-2-3-12-7-5-13-6(4-9)8(7)10/h6-10H,2-5H2,1H3. The smallest absolute Gasteiger partial charge is 0.111 e. The summed E-state index contributed by atoms with van der Waals surface area (Å²) < 4.78 is 15.2. The van der Waals surface area contributed by atoms with E-state index in [-0.39, 0.29) is 12.7 Å². The van der Waals surface area contributed by atoms with Gasteiger partial charge in [-0.05, 0) is 0 Å². The molecule has 1 saturated heterocycles. The van der Waals surface area contributed by atoms with Crippen molar-refractivity contribution in [3.05, 3.63) is 0 Å². The van der Waals surface area contributed by atoms with Crippen LogP contribution in [0.5, 0.6) is 0 Å². The zero-order valence-electron chi connectivity index (χ0n) is 7.68. The van der Waals surface area contributed by atoms with Gasteiger partial charge in [0.15, 0.2) is 0 Å². The van der Waals surface area contributed by atoms with E-state index >= 15 is 0 Å². The molecule has 0 bridgehead atoms. The lowest BCUT2D eigenvalue weighted by Gasteiger charge is -2.15. The van der Waals surface area contributed by atoms with Crippen molar-refractivity contribution in [1.82, 2.24) is 0 Å². The largest absolute Gasteiger partial charge is 0.394 e. The minimum atomic E-state index is -0.734. The Morgan fingerprint density at radius 3 is 2.77 bits per heavy atom. The fourth-order valence-corrected chi connectivity index (χ4v) is 1.25. The molecule has 3 atom stereocenters. The molecule has 1 aliphatic rings. The Hall–Kier alpha value is -0.200. The van der Waals surface area contributed by atoms with E-state index in [0.29, 0.717) is 19.8 Å². The van der Waals surface area contributed by atoms with Crippen molar-refractivity contribution in [3.63, 3.8) is 0 Å². The first-order valence-electron chi connectivity index (χ1n) is 4.30. The second-order valence-corrected chi connectivity index (χ2v) is 2.95. The van der Waals surface area contributed by atoms with Crippen molar-refractivity contribution in [2.24, 2.45) is 0 Å². The Balaban J connectivity index is 2.20. The zero-order chi connectivity index (χ0) is 9.68. The number of hydrogen-bond donors (Lipinski definition) is 2. The maximum atomic E-state index is 9.50. The molecule has 2 N–H and O–H groups in total. The van der Waals surface area contributed by atoms with E-state index in [1.165, 1.54) is 0 Å². The minimum Gasteiger partial charge on any atom is -0.394 e.